The number of rotatable bonds is 8. The van der Waals surface area contributed by atoms with Crippen LogP contribution in [0.3, 0.4) is 0 Å². The number of nitrogens with zero attached hydrogens (tertiary/aromatic N) is 1. The Labute approximate surface area is 265 Å². The topological polar surface area (TPSA) is 140 Å². The number of amides is 2. The number of methoxy groups -OCH3 is 1. The number of fused-ring (bicyclic) bond motifs is 2. The molecule has 1 unspecified atom stereocenters. The smallest absolute Gasteiger partial charge is 0.314 e. The fraction of sp³-hybridized carbons (Fsp3) is 0.545. The summed E-state index contributed by atoms with van der Waals surface area (Å²) in [7, 11) is -1.78. The number of esters is 1. The predicted molar refractivity (Wildman–Crippen MR) is 169 cm³/mol. The maximum atomic E-state index is 13.5. The van der Waals surface area contributed by atoms with Crippen LogP contribution in [0.15, 0.2) is 47.4 Å². The Morgan fingerprint density at radius 3 is 2.49 bits per heavy atom. The Morgan fingerprint density at radius 1 is 1.07 bits per heavy atom. The van der Waals surface area contributed by atoms with Crippen LogP contribution in [0.5, 0.6) is 11.5 Å². The van der Waals surface area contributed by atoms with Crippen molar-refractivity contribution < 1.29 is 37.0 Å². The highest BCUT2D eigenvalue weighted by molar-refractivity contribution is 7.90. The first-order valence-corrected chi connectivity index (χ1v) is 17.4. The third-order valence-electron chi connectivity index (χ3n) is 8.22. The van der Waals surface area contributed by atoms with E-state index in [1.54, 1.807) is 43.3 Å². The molecule has 4 rings (SSSR count). The molecule has 2 amide bonds. The van der Waals surface area contributed by atoms with E-state index in [9.17, 15) is 22.8 Å². The Hall–Kier alpha value is -3.64. The van der Waals surface area contributed by atoms with Crippen molar-refractivity contribution in [2.24, 2.45) is 11.3 Å². The van der Waals surface area contributed by atoms with Crippen LogP contribution in [-0.4, -0.2) is 83.9 Å². The molecule has 12 heteroatoms. The third-order valence-corrected chi connectivity index (χ3v) is 9.35. The highest BCUT2D eigenvalue weighted by atomic mass is 32.2. The van der Waals surface area contributed by atoms with Crippen LogP contribution in [0.25, 0.3) is 0 Å². The maximum Gasteiger partial charge on any atom is 0.314 e. The van der Waals surface area contributed by atoms with E-state index in [4.69, 9.17) is 14.2 Å². The molecule has 0 saturated heterocycles. The molecule has 0 radical (unpaired) electrons. The summed E-state index contributed by atoms with van der Waals surface area (Å²) < 4.78 is 40.7. The van der Waals surface area contributed by atoms with Crippen molar-refractivity contribution in [2.45, 2.75) is 56.9 Å². The quantitative estimate of drug-likeness (QED) is 0.416. The van der Waals surface area contributed by atoms with Gasteiger partial charge in [0.05, 0.1) is 24.0 Å². The van der Waals surface area contributed by atoms with Gasteiger partial charge < -0.3 is 24.8 Å². The largest absolute Gasteiger partial charge is 0.493 e. The van der Waals surface area contributed by atoms with E-state index < -0.39 is 15.3 Å². The van der Waals surface area contributed by atoms with Crippen molar-refractivity contribution in [3.8, 4) is 11.5 Å². The van der Waals surface area contributed by atoms with Crippen molar-refractivity contribution >= 4 is 27.6 Å². The van der Waals surface area contributed by atoms with Gasteiger partial charge in [-0.3, -0.25) is 19.3 Å². The van der Waals surface area contributed by atoms with Crippen LogP contribution >= 0.6 is 0 Å². The van der Waals surface area contributed by atoms with Gasteiger partial charge in [0, 0.05) is 38.9 Å². The molecule has 1 saturated carbocycles. The molecular formula is C33H45N3O8S. The summed E-state index contributed by atoms with van der Waals surface area (Å²) in [5.74, 6) is 0.462. The average Bonchev–Trinajstić information content (AvgIpc) is 3.82. The summed E-state index contributed by atoms with van der Waals surface area (Å²) in [5.41, 5.74) is 0.775. The molecule has 246 valence electrons. The molecule has 2 bridgehead atoms. The molecule has 0 aromatic heterocycles. The zero-order valence-electron chi connectivity index (χ0n) is 26.4. The van der Waals surface area contributed by atoms with Crippen molar-refractivity contribution in [1.29, 1.82) is 0 Å². The summed E-state index contributed by atoms with van der Waals surface area (Å²) >= 11 is 0. The van der Waals surface area contributed by atoms with E-state index in [2.05, 4.69) is 15.5 Å². The van der Waals surface area contributed by atoms with Crippen LogP contribution < -0.4 is 20.1 Å². The second-order valence-electron chi connectivity index (χ2n) is 12.0. The molecule has 1 heterocycles. The number of ether oxygens (including phenoxy) is 3. The lowest BCUT2D eigenvalue weighted by Crippen LogP contribution is -2.46. The molecule has 1 atom stereocenters. The summed E-state index contributed by atoms with van der Waals surface area (Å²) in [6, 6.07) is 12.1. The Balaban J connectivity index is 1.56. The highest BCUT2D eigenvalue weighted by Crippen LogP contribution is 2.43. The second kappa shape index (κ2) is 15.6. The Morgan fingerprint density at radius 2 is 1.82 bits per heavy atom. The van der Waals surface area contributed by atoms with Crippen molar-refractivity contribution in [1.82, 2.24) is 15.5 Å². The molecular weight excluding hydrogens is 598 g/mol. The Bertz CT molecular complexity index is 1440. The van der Waals surface area contributed by atoms with Crippen molar-refractivity contribution in [2.75, 3.05) is 52.8 Å². The van der Waals surface area contributed by atoms with Crippen LogP contribution in [0.2, 0.25) is 0 Å². The summed E-state index contributed by atoms with van der Waals surface area (Å²) in [6.45, 7) is 3.90. The lowest BCUT2D eigenvalue weighted by Gasteiger charge is -2.32. The average molecular weight is 644 g/mol. The molecule has 2 aromatic carbocycles. The predicted octanol–water partition coefficient (Wildman–Crippen LogP) is 2.90. The molecule has 2 aliphatic rings. The minimum atomic E-state index is -3.30. The van der Waals surface area contributed by atoms with Gasteiger partial charge >= 0.3 is 5.97 Å². The Kier molecular flexibility index (Phi) is 11.8. The zero-order valence-corrected chi connectivity index (χ0v) is 27.2. The van der Waals surface area contributed by atoms with Crippen molar-refractivity contribution in [3.63, 3.8) is 0 Å². The molecule has 45 heavy (non-hydrogen) atoms. The van der Waals surface area contributed by atoms with E-state index >= 15 is 0 Å². The zero-order chi connectivity index (χ0) is 32.5. The van der Waals surface area contributed by atoms with Gasteiger partial charge in [-0.15, -0.1) is 0 Å². The fourth-order valence-corrected chi connectivity index (χ4v) is 6.30. The van der Waals surface area contributed by atoms with Gasteiger partial charge in [0.15, 0.2) is 27.9 Å². The van der Waals surface area contributed by atoms with Gasteiger partial charge in [-0.1, -0.05) is 31.0 Å². The van der Waals surface area contributed by atoms with E-state index in [0.717, 1.165) is 24.0 Å². The van der Waals surface area contributed by atoms with Crippen LogP contribution in [0, 0.1) is 11.3 Å². The first kappa shape index (κ1) is 34.2. The van der Waals surface area contributed by atoms with E-state index in [1.165, 1.54) is 13.4 Å². The number of hydrogen-bond donors (Lipinski definition) is 2. The lowest BCUT2D eigenvalue weighted by atomic mass is 9.76. The highest BCUT2D eigenvalue weighted by Gasteiger charge is 2.44. The number of carbonyl (C=O) groups is 3. The SMILES string of the molecule is CCOC(=O)C1(CC2CC2)CNC(=O)CCCN(Cc2ccc(S(C)(=O)=O)cc2)CCNC(=O)COc2cc(ccc2OC)C1. The van der Waals surface area contributed by atoms with Crippen LogP contribution in [0.1, 0.15) is 50.2 Å². The fourth-order valence-electron chi connectivity index (χ4n) is 5.67. The molecule has 1 aliphatic carbocycles. The minimum Gasteiger partial charge on any atom is -0.493 e. The molecule has 1 fully saturated rings. The monoisotopic (exact) mass is 643 g/mol. The number of sulfone groups is 1. The molecule has 2 N–H and O–H groups in total. The summed E-state index contributed by atoms with van der Waals surface area (Å²) in [5, 5.41) is 5.93. The molecule has 1 aliphatic heterocycles. The van der Waals surface area contributed by atoms with Gasteiger partial charge in [0.1, 0.15) is 0 Å². The number of hydrogen-bond acceptors (Lipinski definition) is 9. The normalized spacial score (nSPS) is 21.0. The van der Waals surface area contributed by atoms with E-state index in [1.807, 2.05) is 6.07 Å². The summed E-state index contributed by atoms with van der Waals surface area (Å²) in [6.07, 6.45) is 5.00. The lowest BCUT2D eigenvalue weighted by molar-refractivity contribution is -0.156. The number of benzene rings is 2. The number of nitrogens with one attached hydrogen (secondary N) is 2. The van der Waals surface area contributed by atoms with Crippen molar-refractivity contribution in [3.05, 3.63) is 53.6 Å². The second-order valence-corrected chi connectivity index (χ2v) is 14.0. The molecule has 2 aromatic rings. The summed E-state index contributed by atoms with van der Waals surface area (Å²) in [4.78, 5) is 41.7. The van der Waals surface area contributed by atoms with Crippen LogP contribution in [-0.2, 0) is 41.9 Å². The number of carbonyl (C=O) groups excluding carboxylic acids is 3. The van der Waals surface area contributed by atoms with Gasteiger partial charge in [-0.05, 0) is 74.0 Å². The molecule has 0 spiro atoms. The van der Waals surface area contributed by atoms with Gasteiger partial charge in [0.25, 0.3) is 5.91 Å². The first-order chi connectivity index (χ1) is 21.5. The third kappa shape index (κ3) is 10.2. The van der Waals surface area contributed by atoms with Crippen LogP contribution in [0.4, 0.5) is 0 Å². The van der Waals surface area contributed by atoms with E-state index in [-0.39, 0.29) is 48.9 Å². The standard InChI is InChI=1S/C33H45N3O8S/c1-4-43-32(39)33(19-24-7-8-24)20-26-11-14-28(42-2)29(18-26)44-22-31(38)34-15-17-36(16-5-6-30(37)35-23-33)21-25-9-12-27(13-10-25)45(3,40)41/h9-14,18,24H,4-8,15-17,19-23H2,1-3H3,(H,34,38)(H,35,37). The first-order valence-electron chi connectivity index (χ1n) is 15.5. The minimum absolute atomic E-state index is 0.148. The van der Waals surface area contributed by atoms with Gasteiger partial charge in [0.2, 0.25) is 5.91 Å². The van der Waals surface area contributed by atoms with E-state index in [0.29, 0.717) is 62.9 Å². The van der Waals surface area contributed by atoms with Gasteiger partial charge in [-0.2, -0.15) is 0 Å². The maximum absolute atomic E-state index is 13.5. The van der Waals surface area contributed by atoms with Gasteiger partial charge in [-0.25, -0.2) is 8.42 Å². The molecule has 11 nitrogen and oxygen atoms in total.